The van der Waals surface area contributed by atoms with Gasteiger partial charge >= 0.3 is 0 Å². The number of amides is 2. The number of likely N-dealkylation sites (tertiary alicyclic amines) is 1. The number of nitrogens with zero attached hydrogens (tertiary/aromatic N) is 3. The number of carbonyl (C=O) groups is 2. The molecule has 20 heavy (non-hydrogen) atoms. The molecular formula is C14H18N4O2. The Labute approximate surface area is 117 Å². The second-order valence-electron chi connectivity index (χ2n) is 6.20. The lowest BCUT2D eigenvalue weighted by molar-refractivity contribution is -0.119. The standard InChI is InChI=1S/C14H18N4O2/c1-17-12(8-2-3-8)5-10(16-17)14(20)18-6-9-4-13(19)15-11(9)7-18/h5,8-9,11H,2-4,6-7H2,1H3,(H,15,19)/t9-,11+/m0/s1. The van der Waals surface area contributed by atoms with Gasteiger partial charge in [-0.1, -0.05) is 0 Å². The van der Waals surface area contributed by atoms with Crippen molar-refractivity contribution in [2.75, 3.05) is 13.1 Å². The van der Waals surface area contributed by atoms with Crippen LogP contribution in [0.5, 0.6) is 0 Å². The number of rotatable bonds is 2. The quantitative estimate of drug-likeness (QED) is 0.841. The van der Waals surface area contributed by atoms with Crippen LogP contribution in [0.1, 0.15) is 41.4 Å². The Bertz CT molecular complexity index is 574. The molecule has 106 valence electrons. The molecule has 3 fully saturated rings. The molecule has 0 bridgehead atoms. The van der Waals surface area contributed by atoms with Gasteiger partial charge in [-0.15, -0.1) is 0 Å². The summed E-state index contributed by atoms with van der Waals surface area (Å²) < 4.78 is 1.84. The molecular weight excluding hydrogens is 256 g/mol. The maximum atomic E-state index is 12.5. The summed E-state index contributed by atoms with van der Waals surface area (Å²) in [7, 11) is 1.91. The van der Waals surface area contributed by atoms with E-state index in [1.165, 1.54) is 18.5 Å². The highest BCUT2D eigenvalue weighted by atomic mass is 16.2. The van der Waals surface area contributed by atoms with Crippen LogP contribution >= 0.6 is 0 Å². The van der Waals surface area contributed by atoms with Crippen LogP contribution in [-0.2, 0) is 11.8 Å². The number of aromatic nitrogens is 2. The number of fused-ring (bicyclic) bond motifs is 1. The van der Waals surface area contributed by atoms with Gasteiger partial charge in [0.1, 0.15) is 0 Å². The number of hydrogen-bond donors (Lipinski definition) is 1. The van der Waals surface area contributed by atoms with Crippen LogP contribution in [0.25, 0.3) is 0 Å². The first-order valence-electron chi connectivity index (χ1n) is 7.24. The Morgan fingerprint density at radius 1 is 1.40 bits per heavy atom. The van der Waals surface area contributed by atoms with E-state index in [1.807, 2.05) is 22.7 Å². The van der Waals surface area contributed by atoms with E-state index in [0.29, 0.717) is 31.1 Å². The van der Waals surface area contributed by atoms with Gasteiger partial charge in [0.25, 0.3) is 5.91 Å². The first-order valence-corrected chi connectivity index (χ1v) is 7.24. The summed E-state index contributed by atoms with van der Waals surface area (Å²) in [5.41, 5.74) is 1.71. The predicted molar refractivity (Wildman–Crippen MR) is 71.1 cm³/mol. The fraction of sp³-hybridized carbons (Fsp3) is 0.643. The van der Waals surface area contributed by atoms with E-state index < -0.39 is 0 Å². The summed E-state index contributed by atoms with van der Waals surface area (Å²) in [5.74, 6) is 0.974. The van der Waals surface area contributed by atoms with Crippen LogP contribution in [0, 0.1) is 5.92 Å². The van der Waals surface area contributed by atoms with Crippen molar-refractivity contribution in [1.82, 2.24) is 20.0 Å². The van der Waals surface area contributed by atoms with Gasteiger partial charge in [-0.2, -0.15) is 5.10 Å². The Hall–Kier alpha value is -1.85. The second kappa shape index (κ2) is 4.07. The minimum atomic E-state index is -0.00357. The van der Waals surface area contributed by atoms with Crippen LogP contribution in [0.15, 0.2) is 6.07 Å². The van der Waals surface area contributed by atoms with E-state index in [-0.39, 0.29) is 23.8 Å². The first kappa shape index (κ1) is 11.9. The third-order valence-electron chi connectivity index (χ3n) is 4.65. The highest BCUT2D eigenvalue weighted by Gasteiger charge is 2.42. The molecule has 0 spiro atoms. The van der Waals surface area contributed by atoms with Crippen molar-refractivity contribution in [2.24, 2.45) is 13.0 Å². The van der Waals surface area contributed by atoms with Crippen LogP contribution in [-0.4, -0.2) is 45.6 Å². The number of aryl methyl sites for hydroxylation is 1. The lowest BCUT2D eigenvalue weighted by Crippen LogP contribution is -2.35. The Balaban J connectivity index is 1.51. The molecule has 2 amide bonds. The molecule has 3 aliphatic rings. The highest BCUT2D eigenvalue weighted by Crippen LogP contribution is 2.40. The molecule has 1 aromatic heterocycles. The SMILES string of the molecule is Cn1nc(C(=O)N2C[C@@H]3CC(=O)N[C@@H]3C2)cc1C1CC1. The third kappa shape index (κ3) is 1.82. The molecule has 2 aliphatic heterocycles. The monoisotopic (exact) mass is 274 g/mol. The van der Waals surface area contributed by atoms with Crippen molar-refractivity contribution in [2.45, 2.75) is 31.2 Å². The molecule has 1 saturated carbocycles. The minimum absolute atomic E-state index is 0.00357. The van der Waals surface area contributed by atoms with Gasteiger partial charge in [0.2, 0.25) is 5.91 Å². The van der Waals surface area contributed by atoms with Crippen molar-refractivity contribution < 1.29 is 9.59 Å². The van der Waals surface area contributed by atoms with Crippen molar-refractivity contribution >= 4 is 11.8 Å². The predicted octanol–water partition coefficient (Wildman–Crippen LogP) is 0.258. The van der Waals surface area contributed by atoms with Crippen LogP contribution in [0.2, 0.25) is 0 Å². The molecule has 1 aliphatic carbocycles. The third-order valence-corrected chi connectivity index (χ3v) is 4.65. The average molecular weight is 274 g/mol. The van der Waals surface area contributed by atoms with Crippen LogP contribution in [0.3, 0.4) is 0 Å². The van der Waals surface area contributed by atoms with Gasteiger partial charge < -0.3 is 10.2 Å². The average Bonchev–Trinajstić information content (AvgIpc) is 2.92. The maximum absolute atomic E-state index is 12.5. The second-order valence-corrected chi connectivity index (χ2v) is 6.20. The molecule has 0 aromatic carbocycles. The van der Waals surface area contributed by atoms with Gasteiger partial charge in [-0.3, -0.25) is 14.3 Å². The van der Waals surface area contributed by atoms with E-state index in [1.54, 1.807) is 0 Å². The summed E-state index contributed by atoms with van der Waals surface area (Å²) in [6, 6.07) is 2.07. The summed E-state index contributed by atoms with van der Waals surface area (Å²) in [6.07, 6.45) is 2.95. The molecule has 1 N–H and O–H groups in total. The van der Waals surface area contributed by atoms with Gasteiger partial charge in [0, 0.05) is 44.1 Å². The smallest absolute Gasteiger partial charge is 0.274 e. The van der Waals surface area contributed by atoms with Gasteiger partial charge in [-0.05, 0) is 18.9 Å². The normalized spacial score (nSPS) is 28.6. The summed E-state index contributed by atoms with van der Waals surface area (Å²) >= 11 is 0. The molecule has 0 unspecified atom stereocenters. The molecule has 6 heteroatoms. The van der Waals surface area contributed by atoms with E-state index in [2.05, 4.69) is 10.4 Å². The van der Waals surface area contributed by atoms with Crippen molar-refractivity contribution in [3.63, 3.8) is 0 Å². The number of nitrogens with one attached hydrogen (secondary N) is 1. The van der Waals surface area contributed by atoms with Crippen molar-refractivity contribution in [3.05, 3.63) is 17.5 Å². The minimum Gasteiger partial charge on any atom is -0.351 e. The maximum Gasteiger partial charge on any atom is 0.274 e. The fourth-order valence-corrected chi connectivity index (χ4v) is 3.42. The lowest BCUT2D eigenvalue weighted by Gasteiger charge is -2.15. The highest BCUT2D eigenvalue weighted by molar-refractivity contribution is 5.93. The Morgan fingerprint density at radius 3 is 2.90 bits per heavy atom. The molecule has 2 saturated heterocycles. The molecule has 6 nitrogen and oxygen atoms in total. The molecule has 3 heterocycles. The zero-order valence-electron chi connectivity index (χ0n) is 11.5. The van der Waals surface area contributed by atoms with E-state index in [9.17, 15) is 9.59 Å². The topological polar surface area (TPSA) is 67.2 Å². The number of carbonyl (C=O) groups excluding carboxylic acids is 2. The summed E-state index contributed by atoms with van der Waals surface area (Å²) in [6.45, 7) is 1.28. The molecule has 4 rings (SSSR count). The summed E-state index contributed by atoms with van der Waals surface area (Å²) in [5, 5.41) is 7.30. The zero-order valence-corrected chi connectivity index (χ0v) is 11.5. The largest absolute Gasteiger partial charge is 0.351 e. The van der Waals surface area contributed by atoms with Crippen LogP contribution in [0.4, 0.5) is 0 Å². The van der Waals surface area contributed by atoms with Crippen molar-refractivity contribution in [3.8, 4) is 0 Å². The zero-order chi connectivity index (χ0) is 13.9. The Morgan fingerprint density at radius 2 is 2.20 bits per heavy atom. The van der Waals surface area contributed by atoms with Gasteiger partial charge in [-0.25, -0.2) is 0 Å². The molecule has 2 atom stereocenters. The van der Waals surface area contributed by atoms with Crippen molar-refractivity contribution in [1.29, 1.82) is 0 Å². The van der Waals surface area contributed by atoms with E-state index >= 15 is 0 Å². The van der Waals surface area contributed by atoms with E-state index in [0.717, 1.165) is 0 Å². The van der Waals surface area contributed by atoms with Gasteiger partial charge in [0.05, 0.1) is 6.04 Å². The van der Waals surface area contributed by atoms with Gasteiger partial charge in [0.15, 0.2) is 5.69 Å². The van der Waals surface area contributed by atoms with E-state index in [4.69, 9.17) is 0 Å². The molecule has 1 aromatic rings. The lowest BCUT2D eigenvalue weighted by atomic mass is 10.1. The molecule has 0 radical (unpaired) electrons. The fourth-order valence-electron chi connectivity index (χ4n) is 3.42. The first-order chi connectivity index (χ1) is 9.61. The Kier molecular flexibility index (Phi) is 2.43. The summed E-state index contributed by atoms with van der Waals surface area (Å²) in [4.78, 5) is 25.6. The number of hydrogen-bond acceptors (Lipinski definition) is 3. The van der Waals surface area contributed by atoms with Crippen LogP contribution < -0.4 is 5.32 Å².